The van der Waals surface area contributed by atoms with Crippen LogP contribution in [0.25, 0.3) is 0 Å². The molecule has 8 atom stereocenters. The third kappa shape index (κ3) is 50.9. The molecule has 0 spiro atoms. The van der Waals surface area contributed by atoms with Crippen molar-refractivity contribution in [2.24, 2.45) is 33.5 Å². The fourth-order valence-corrected chi connectivity index (χ4v) is 13.7. The number of carbonyl (C=O) groups is 10. The normalized spacial score (nSPS) is 15.2. The molecule has 2 saturated heterocycles. The minimum absolute atomic E-state index is 0.00253. The minimum atomic E-state index is -1.38. The Kier molecular flexibility index (Phi) is 59.7. The number of rotatable bonds is 76. The summed E-state index contributed by atoms with van der Waals surface area (Å²) in [6.45, 7) is 21.5. The van der Waals surface area contributed by atoms with Crippen molar-refractivity contribution in [3.8, 4) is 5.75 Å². The zero-order valence-corrected chi connectivity index (χ0v) is 77.7. The van der Waals surface area contributed by atoms with E-state index in [1.54, 1.807) is 32.9 Å². The number of benzene rings is 1. The molecule has 9 amide bonds. The molecule has 744 valence electrons. The van der Waals surface area contributed by atoms with Gasteiger partial charge in [0.15, 0.2) is 17.6 Å². The Bertz CT molecular complexity index is 3610. The van der Waals surface area contributed by atoms with Gasteiger partial charge in [-0.2, -0.15) is 0 Å². The zero-order chi connectivity index (χ0) is 95.8. The number of likely N-dealkylation sites (tertiary alicyclic amines) is 2. The van der Waals surface area contributed by atoms with Gasteiger partial charge in [-0.05, 0) is 113 Å². The highest BCUT2D eigenvalue weighted by atomic mass is 16.6. The quantitative estimate of drug-likeness (QED) is 0.0214. The molecular weight excluding hydrogens is 1720 g/mol. The van der Waals surface area contributed by atoms with Gasteiger partial charge in [0, 0.05) is 72.4 Å². The van der Waals surface area contributed by atoms with Crippen LogP contribution < -0.4 is 54.4 Å². The Labute approximate surface area is 768 Å². The molecule has 1 aromatic carbocycles. The molecule has 0 radical (unpaired) electrons. The number of aromatic hydroxyl groups is 1. The number of alkyl carbamates (subject to hydrolysis) is 1. The van der Waals surface area contributed by atoms with Crippen LogP contribution in [-0.4, -0.2) is 388 Å². The van der Waals surface area contributed by atoms with E-state index in [0.29, 0.717) is 221 Å². The second kappa shape index (κ2) is 68.6. The average molecular weight is 1870 g/mol. The summed E-state index contributed by atoms with van der Waals surface area (Å²) in [6.07, 6.45) is 3.64. The van der Waals surface area contributed by atoms with Gasteiger partial charge >= 0.3 is 12.1 Å². The highest BCUT2D eigenvalue weighted by Gasteiger charge is 2.44. The van der Waals surface area contributed by atoms with Gasteiger partial charge in [-0.1, -0.05) is 53.2 Å². The lowest BCUT2D eigenvalue weighted by atomic mass is 9.85. The molecule has 0 aliphatic carbocycles. The number of aromatic nitrogens is 4. The number of amides is 9. The number of nitrogens with zero attached hydrogens (tertiary/aromatic N) is 8. The third-order valence-corrected chi connectivity index (χ3v) is 20.5. The number of ether oxygens (including phenoxy) is 13. The molecule has 2 aliphatic heterocycles. The molecule has 4 rings (SSSR count). The number of phenolic OH excluding ortho intramolecular Hbond substituents is 1. The molecule has 17 N–H and O–H groups in total. The molecule has 2 fully saturated rings. The van der Waals surface area contributed by atoms with Crippen LogP contribution in [0.4, 0.5) is 4.79 Å². The number of carboxylic acids is 1. The molecule has 45 heteroatoms. The smallest absolute Gasteiger partial charge is 0.407 e. The van der Waals surface area contributed by atoms with Crippen LogP contribution in [0.1, 0.15) is 149 Å². The maximum atomic E-state index is 15.1. The van der Waals surface area contributed by atoms with Crippen LogP contribution in [0.15, 0.2) is 29.3 Å². The number of nitrogens with two attached hydrogens (primary N) is 3. The number of aliphatic hydroxyl groups excluding tert-OH is 1. The Morgan fingerprint density at radius 2 is 0.985 bits per heavy atom. The van der Waals surface area contributed by atoms with Crippen LogP contribution in [0, 0.1) is 16.7 Å². The van der Waals surface area contributed by atoms with Crippen molar-refractivity contribution in [2.45, 2.75) is 199 Å². The summed E-state index contributed by atoms with van der Waals surface area (Å²) in [5, 5.41) is 72.0. The number of aliphatic imine (C=N–C) groups is 1. The van der Waals surface area contributed by atoms with Crippen molar-refractivity contribution >= 4 is 71.1 Å². The number of unbranched alkanes of at least 4 members (excludes halogenated alkanes) is 2. The molecule has 45 nitrogen and oxygen atoms in total. The average Bonchev–Trinajstić information content (AvgIpc) is 1.77. The summed E-state index contributed by atoms with van der Waals surface area (Å²) in [4.78, 5) is 147. The standard InChI is InChI=1S/C86H149N19O26/c1-61(2)59-68(83(116)117)97-79(112)75(86(4,5)6)98-76(109)67(60-63-21-23-64(108)24-22-63)96-78(111)70-18-13-31-104(70)81(114)66(15-8-9-20-72(87)88)95-77(110)69(17-12-28-92-84(89)90)103(7)82(115)71-19-14-32-105(71)80(113)65(94-62(3)107)16-10-11-27-91-29-35-119-37-39-121-41-43-123-45-47-125-49-51-127-53-55-129-57-58-130-56-54-128-52-50-126-48-46-124-44-42-122-40-38-120-36-30-93-85(118)131-34-26-74-101-99-73(25-33-106)100-102-74/h21-24,61,65-71,75,91,106,108H,8-20,25-60H2,1-7H3,(H3,87,88)(H,93,118)(H,94,107)(H,95,110)(H,96,111)(H,97,112)(H,98,109)(H,116,117)(H4,89,90,92). The van der Waals surface area contributed by atoms with Crippen LogP contribution >= 0.6 is 0 Å². The van der Waals surface area contributed by atoms with Gasteiger partial charge in [0.1, 0.15) is 60.7 Å². The lowest BCUT2D eigenvalue weighted by Crippen LogP contribution is -2.61. The van der Waals surface area contributed by atoms with E-state index in [2.05, 4.69) is 62.6 Å². The lowest BCUT2D eigenvalue weighted by molar-refractivity contribution is -0.149. The molecule has 0 saturated carbocycles. The molecule has 0 bridgehead atoms. The Morgan fingerprint density at radius 1 is 0.534 bits per heavy atom. The lowest BCUT2D eigenvalue weighted by Gasteiger charge is -2.35. The second-order valence-electron chi connectivity index (χ2n) is 32.8. The van der Waals surface area contributed by atoms with E-state index in [-0.39, 0.29) is 140 Å². The van der Waals surface area contributed by atoms with Crippen LogP contribution in [0.3, 0.4) is 0 Å². The van der Waals surface area contributed by atoms with E-state index < -0.39 is 113 Å². The van der Waals surface area contributed by atoms with E-state index in [1.807, 2.05) is 13.8 Å². The van der Waals surface area contributed by atoms with E-state index in [4.69, 9.17) is 89.3 Å². The van der Waals surface area contributed by atoms with Crippen LogP contribution in [0.2, 0.25) is 0 Å². The van der Waals surface area contributed by atoms with E-state index in [9.17, 15) is 53.4 Å². The van der Waals surface area contributed by atoms with Crippen LogP contribution in [0.5, 0.6) is 5.75 Å². The fraction of sp³-hybridized carbons (Fsp3) is 0.767. The largest absolute Gasteiger partial charge is 0.508 e. The summed E-state index contributed by atoms with van der Waals surface area (Å²) < 4.78 is 71.7. The van der Waals surface area contributed by atoms with Crippen molar-refractivity contribution in [2.75, 3.05) is 218 Å². The van der Waals surface area contributed by atoms with Gasteiger partial charge in [0.25, 0.3) is 0 Å². The highest BCUT2D eigenvalue weighted by Crippen LogP contribution is 2.27. The summed E-state index contributed by atoms with van der Waals surface area (Å²) in [6, 6.07) is -3.69. The van der Waals surface area contributed by atoms with Crippen molar-refractivity contribution in [3.05, 3.63) is 41.5 Å². The monoisotopic (exact) mass is 1860 g/mol. The molecule has 2 aromatic rings. The van der Waals surface area contributed by atoms with Crippen molar-refractivity contribution < 1.29 is 125 Å². The summed E-state index contributed by atoms with van der Waals surface area (Å²) in [5.74, 6) is -6.11. The van der Waals surface area contributed by atoms with Crippen molar-refractivity contribution in [1.82, 2.24) is 72.3 Å². The number of carbonyl (C=O) groups excluding carboxylic acids is 9. The summed E-state index contributed by atoms with van der Waals surface area (Å²) in [7, 11) is 1.44. The predicted molar refractivity (Wildman–Crippen MR) is 478 cm³/mol. The SMILES string of the molecule is CC(=O)NC(CCCCNCCOCCOCCOCCOCCOCCOCCOCCOCCOCCOCCOCCOCCNC(=O)OCCc1nnc(CCO)nn1)C(=O)N1CCCC1C(=O)N(C)C(CCCN=C(N)N)C(=O)NC(CCCCC(=N)N)C(=O)N1CCCC1C(=O)NC(Cc1ccc(O)cc1)C(=O)NC(C(=O)NC(CC(C)C)C(=O)O)C(C)(C)C. The first kappa shape index (κ1) is 114. The topological polar surface area (TPSA) is 611 Å². The number of amidine groups is 1. The van der Waals surface area contributed by atoms with Crippen molar-refractivity contribution in [3.63, 3.8) is 0 Å². The molecule has 3 heterocycles. The Balaban J connectivity index is 1.07. The number of aliphatic carboxylic acids is 1. The number of likely N-dealkylation sites (N-methyl/N-ethyl adjacent to an activating group) is 1. The highest BCUT2D eigenvalue weighted by molar-refractivity contribution is 5.98. The summed E-state index contributed by atoms with van der Waals surface area (Å²) >= 11 is 0. The molecule has 1 aromatic heterocycles. The first-order chi connectivity index (χ1) is 63.0. The molecule has 8 unspecified atom stereocenters. The number of nitrogens with one attached hydrogen (secondary N) is 8. The number of carboxylic acid groups (broad SMARTS) is 1. The van der Waals surface area contributed by atoms with Gasteiger partial charge in [-0.15, -0.1) is 20.4 Å². The molecule has 2 aliphatic rings. The molecule has 131 heavy (non-hydrogen) atoms. The fourth-order valence-electron chi connectivity index (χ4n) is 13.7. The van der Waals surface area contributed by atoms with Crippen LogP contribution in [-0.2, 0) is 124 Å². The Hall–Kier alpha value is -9.36. The molecular formula is C86H149N19O26. The third-order valence-electron chi connectivity index (χ3n) is 20.5. The number of hydrogen-bond donors (Lipinski definition) is 14. The number of aliphatic hydroxyl groups is 1. The first-order valence-corrected chi connectivity index (χ1v) is 45.5. The summed E-state index contributed by atoms with van der Waals surface area (Å²) in [5.41, 5.74) is 16.6. The second-order valence-corrected chi connectivity index (χ2v) is 32.8. The van der Waals surface area contributed by atoms with Gasteiger partial charge < -0.3 is 146 Å². The van der Waals surface area contributed by atoms with Gasteiger partial charge in [-0.3, -0.25) is 48.8 Å². The number of hydrogen-bond acceptors (Lipinski definition) is 32. The van der Waals surface area contributed by atoms with E-state index >= 15 is 4.79 Å². The predicted octanol–water partition coefficient (Wildman–Crippen LogP) is -1.04. The van der Waals surface area contributed by atoms with E-state index in [0.717, 1.165) is 0 Å². The maximum Gasteiger partial charge on any atom is 0.407 e. The van der Waals surface area contributed by atoms with E-state index in [1.165, 1.54) is 40.8 Å². The minimum Gasteiger partial charge on any atom is -0.508 e. The maximum absolute atomic E-state index is 15.1. The number of guanidine groups is 1. The Morgan fingerprint density at radius 3 is 1.44 bits per heavy atom. The van der Waals surface area contributed by atoms with Gasteiger partial charge in [0.05, 0.1) is 171 Å². The first-order valence-electron chi connectivity index (χ1n) is 45.5. The zero-order valence-electron chi connectivity index (χ0n) is 77.7. The van der Waals surface area contributed by atoms with Gasteiger partial charge in [-0.25, -0.2) is 9.59 Å². The number of phenols is 1. The van der Waals surface area contributed by atoms with Gasteiger partial charge in [0.2, 0.25) is 47.3 Å². The van der Waals surface area contributed by atoms with Crippen molar-refractivity contribution in [1.29, 1.82) is 5.41 Å².